The summed E-state index contributed by atoms with van der Waals surface area (Å²) >= 11 is 1.29. The van der Waals surface area contributed by atoms with E-state index in [-0.39, 0.29) is 11.7 Å². The Morgan fingerprint density at radius 1 is 1.05 bits per heavy atom. The third-order valence-electron chi connectivity index (χ3n) is 2.68. The van der Waals surface area contributed by atoms with Crippen molar-refractivity contribution >= 4 is 35.0 Å². The SMILES string of the molecule is NC(=O)CSc1ccccc1NC(=O)c1ccc(N)cc1. The topological polar surface area (TPSA) is 98.2 Å². The van der Waals surface area contributed by atoms with Gasteiger partial charge in [-0.1, -0.05) is 12.1 Å². The zero-order chi connectivity index (χ0) is 15.2. The highest BCUT2D eigenvalue weighted by Gasteiger charge is 2.09. The molecule has 5 N–H and O–H groups in total. The first-order chi connectivity index (χ1) is 10.1. The molecule has 0 aromatic heterocycles. The molecule has 0 bridgehead atoms. The highest BCUT2D eigenvalue weighted by molar-refractivity contribution is 8.00. The molecule has 0 saturated heterocycles. The molecule has 2 aromatic carbocycles. The van der Waals surface area contributed by atoms with Crippen molar-refractivity contribution in [3.8, 4) is 0 Å². The van der Waals surface area contributed by atoms with Crippen molar-refractivity contribution in [2.45, 2.75) is 4.90 Å². The molecular weight excluding hydrogens is 286 g/mol. The second kappa shape index (κ2) is 6.81. The Labute approximate surface area is 126 Å². The number of anilines is 2. The number of hydrogen-bond acceptors (Lipinski definition) is 4. The molecule has 0 atom stereocenters. The summed E-state index contributed by atoms with van der Waals surface area (Å²) in [5, 5.41) is 2.82. The number of hydrogen-bond donors (Lipinski definition) is 3. The molecule has 2 rings (SSSR count). The van der Waals surface area contributed by atoms with Gasteiger partial charge in [0.2, 0.25) is 5.91 Å². The van der Waals surface area contributed by atoms with Gasteiger partial charge in [0.25, 0.3) is 5.91 Å². The standard InChI is InChI=1S/C15H15N3O2S/c16-11-7-5-10(6-8-11)15(20)18-12-3-1-2-4-13(12)21-9-14(17)19/h1-8H,9,16H2,(H2,17,19)(H,18,20). The van der Waals surface area contributed by atoms with E-state index >= 15 is 0 Å². The van der Waals surface area contributed by atoms with Crippen LogP contribution in [-0.2, 0) is 4.79 Å². The van der Waals surface area contributed by atoms with Crippen LogP contribution in [0.4, 0.5) is 11.4 Å². The molecule has 0 radical (unpaired) electrons. The van der Waals surface area contributed by atoms with Gasteiger partial charge in [-0.2, -0.15) is 0 Å². The van der Waals surface area contributed by atoms with E-state index in [2.05, 4.69) is 5.32 Å². The van der Waals surface area contributed by atoms with Crippen LogP contribution in [0, 0.1) is 0 Å². The van der Waals surface area contributed by atoms with E-state index in [4.69, 9.17) is 11.5 Å². The Morgan fingerprint density at radius 3 is 2.38 bits per heavy atom. The highest BCUT2D eigenvalue weighted by Crippen LogP contribution is 2.27. The monoisotopic (exact) mass is 301 g/mol. The van der Waals surface area contributed by atoms with Gasteiger partial charge in [0.15, 0.2) is 0 Å². The van der Waals surface area contributed by atoms with E-state index < -0.39 is 5.91 Å². The molecule has 108 valence electrons. The van der Waals surface area contributed by atoms with Crippen LogP contribution in [0.25, 0.3) is 0 Å². The fourth-order valence-corrected chi connectivity index (χ4v) is 2.42. The molecule has 2 aromatic rings. The van der Waals surface area contributed by atoms with Gasteiger partial charge >= 0.3 is 0 Å². The summed E-state index contributed by atoms with van der Waals surface area (Å²) in [6.45, 7) is 0. The molecular formula is C15H15N3O2S. The van der Waals surface area contributed by atoms with E-state index in [0.717, 1.165) is 4.90 Å². The van der Waals surface area contributed by atoms with Gasteiger partial charge in [-0.3, -0.25) is 9.59 Å². The van der Waals surface area contributed by atoms with Crippen LogP contribution in [-0.4, -0.2) is 17.6 Å². The molecule has 0 heterocycles. The number of thioether (sulfide) groups is 1. The van der Waals surface area contributed by atoms with Crippen molar-refractivity contribution in [3.63, 3.8) is 0 Å². The van der Waals surface area contributed by atoms with Crippen LogP contribution in [0.5, 0.6) is 0 Å². The summed E-state index contributed by atoms with van der Waals surface area (Å²) in [5.74, 6) is -0.476. The molecule has 0 spiro atoms. The predicted molar refractivity (Wildman–Crippen MR) is 85.2 cm³/mol. The number of nitrogens with one attached hydrogen (secondary N) is 1. The normalized spacial score (nSPS) is 10.1. The molecule has 2 amide bonds. The van der Waals surface area contributed by atoms with Crippen LogP contribution in [0.2, 0.25) is 0 Å². The molecule has 0 unspecified atom stereocenters. The average Bonchev–Trinajstić information content (AvgIpc) is 2.47. The lowest BCUT2D eigenvalue weighted by atomic mass is 10.2. The van der Waals surface area contributed by atoms with Gasteiger partial charge in [0, 0.05) is 16.1 Å². The summed E-state index contributed by atoms with van der Waals surface area (Å²) in [7, 11) is 0. The van der Waals surface area contributed by atoms with Crippen molar-refractivity contribution in [1.82, 2.24) is 0 Å². The summed E-state index contributed by atoms with van der Waals surface area (Å²) in [5.41, 5.74) is 12.5. The number of primary amides is 1. The van der Waals surface area contributed by atoms with E-state index in [9.17, 15) is 9.59 Å². The number of carbonyl (C=O) groups is 2. The van der Waals surface area contributed by atoms with Crippen LogP contribution in [0.15, 0.2) is 53.4 Å². The molecule has 6 heteroatoms. The van der Waals surface area contributed by atoms with E-state index in [1.165, 1.54) is 11.8 Å². The maximum atomic E-state index is 12.2. The number of nitrogen functional groups attached to an aromatic ring is 1. The smallest absolute Gasteiger partial charge is 0.255 e. The Kier molecular flexibility index (Phi) is 4.84. The first-order valence-electron chi connectivity index (χ1n) is 6.23. The van der Waals surface area contributed by atoms with Crippen LogP contribution in [0.1, 0.15) is 10.4 Å². The summed E-state index contributed by atoms with van der Waals surface area (Å²) in [4.78, 5) is 23.8. The molecule has 0 aliphatic heterocycles. The third kappa shape index (κ3) is 4.25. The van der Waals surface area contributed by atoms with Crippen molar-refractivity contribution in [2.24, 2.45) is 5.73 Å². The van der Waals surface area contributed by atoms with Crippen molar-refractivity contribution < 1.29 is 9.59 Å². The average molecular weight is 301 g/mol. The molecule has 5 nitrogen and oxygen atoms in total. The minimum Gasteiger partial charge on any atom is -0.399 e. The van der Waals surface area contributed by atoms with Gasteiger partial charge in [-0.25, -0.2) is 0 Å². The number of para-hydroxylation sites is 1. The zero-order valence-electron chi connectivity index (χ0n) is 11.2. The van der Waals surface area contributed by atoms with Gasteiger partial charge in [0.1, 0.15) is 0 Å². The van der Waals surface area contributed by atoms with Crippen molar-refractivity contribution in [3.05, 3.63) is 54.1 Å². The number of benzene rings is 2. The Hall–Kier alpha value is -2.47. The van der Waals surface area contributed by atoms with E-state index in [0.29, 0.717) is 16.9 Å². The first-order valence-corrected chi connectivity index (χ1v) is 7.22. The molecule has 0 saturated carbocycles. The van der Waals surface area contributed by atoms with Gasteiger partial charge in [0.05, 0.1) is 11.4 Å². The first kappa shape index (κ1) is 14.9. The quantitative estimate of drug-likeness (QED) is 0.582. The second-order valence-corrected chi connectivity index (χ2v) is 5.34. The number of rotatable bonds is 5. The van der Waals surface area contributed by atoms with Crippen molar-refractivity contribution in [2.75, 3.05) is 16.8 Å². The molecule has 0 aliphatic rings. The van der Waals surface area contributed by atoms with Gasteiger partial charge in [-0.05, 0) is 36.4 Å². The van der Waals surface area contributed by atoms with Crippen LogP contribution in [0.3, 0.4) is 0 Å². The number of nitrogens with two attached hydrogens (primary N) is 2. The van der Waals surface area contributed by atoms with E-state index in [1.807, 2.05) is 18.2 Å². The van der Waals surface area contributed by atoms with Crippen LogP contribution < -0.4 is 16.8 Å². The third-order valence-corrected chi connectivity index (χ3v) is 3.77. The number of carbonyl (C=O) groups excluding carboxylic acids is 2. The molecule has 21 heavy (non-hydrogen) atoms. The summed E-state index contributed by atoms with van der Waals surface area (Å²) < 4.78 is 0. The minimum absolute atomic E-state index is 0.161. The minimum atomic E-state index is -0.403. The number of amides is 2. The Bertz CT molecular complexity index is 656. The highest BCUT2D eigenvalue weighted by atomic mass is 32.2. The van der Waals surface area contributed by atoms with Crippen molar-refractivity contribution in [1.29, 1.82) is 0 Å². The lowest BCUT2D eigenvalue weighted by Crippen LogP contribution is -2.14. The summed E-state index contributed by atoms with van der Waals surface area (Å²) in [6, 6.07) is 13.9. The molecule has 0 fully saturated rings. The molecule has 0 aliphatic carbocycles. The maximum absolute atomic E-state index is 12.2. The van der Waals surface area contributed by atoms with Gasteiger partial charge < -0.3 is 16.8 Å². The predicted octanol–water partition coefficient (Wildman–Crippen LogP) is 2.10. The fraction of sp³-hybridized carbons (Fsp3) is 0.0667. The lowest BCUT2D eigenvalue weighted by Gasteiger charge is -2.10. The van der Waals surface area contributed by atoms with E-state index in [1.54, 1.807) is 30.3 Å². The lowest BCUT2D eigenvalue weighted by molar-refractivity contribution is -0.115. The fourth-order valence-electron chi connectivity index (χ4n) is 1.67. The van der Waals surface area contributed by atoms with Crippen LogP contribution >= 0.6 is 11.8 Å². The second-order valence-electron chi connectivity index (χ2n) is 4.33. The Balaban J connectivity index is 2.13. The Morgan fingerprint density at radius 2 is 1.71 bits per heavy atom. The van der Waals surface area contributed by atoms with Gasteiger partial charge in [-0.15, -0.1) is 11.8 Å². The maximum Gasteiger partial charge on any atom is 0.255 e. The zero-order valence-corrected chi connectivity index (χ0v) is 12.0. The largest absolute Gasteiger partial charge is 0.399 e. The summed E-state index contributed by atoms with van der Waals surface area (Å²) in [6.07, 6.45) is 0.